The summed E-state index contributed by atoms with van der Waals surface area (Å²) in [5, 5.41) is 2.27. The van der Waals surface area contributed by atoms with Crippen LogP contribution in [0.1, 0.15) is 35.6 Å². The number of imide groups is 1. The third-order valence-corrected chi connectivity index (χ3v) is 4.17. The van der Waals surface area contributed by atoms with E-state index in [4.69, 9.17) is 5.73 Å². The highest BCUT2D eigenvalue weighted by atomic mass is 16.2. The first-order chi connectivity index (χ1) is 10.5. The number of nitrogens with one attached hydrogen (secondary N) is 1. The molecule has 1 radical (unpaired) electrons. The smallest absolute Gasteiger partial charge is 0.243 e. The van der Waals surface area contributed by atoms with Crippen LogP contribution in [-0.2, 0) is 25.7 Å². The van der Waals surface area contributed by atoms with Gasteiger partial charge < -0.3 is 5.73 Å². The molecule has 3 rings (SSSR count). The van der Waals surface area contributed by atoms with Gasteiger partial charge in [0.15, 0.2) is 0 Å². The van der Waals surface area contributed by atoms with E-state index in [-0.39, 0.29) is 18.9 Å². The Hall–Kier alpha value is -2.54. The zero-order valence-electron chi connectivity index (χ0n) is 11.7. The Morgan fingerprint density at radius 2 is 2.14 bits per heavy atom. The number of hydrogen-bond donors (Lipinski definition) is 2. The van der Waals surface area contributed by atoms with Crippen LogP contribution in [0.2, 0.25) is 0 Å². The Labute approximate surface area is 126 Å². The van der Waals surface area contributed by atoms with Crippen molar-refractivity contribution in [2.24, 2.45) is 5.73 Å². The molecule has 0 spiro atoms. The van der Waals surface area contributed by atoms with Gasteiger partial charge in [0.25, 0.3) is 0 Å². The predicted octanol–water partition coefficient (Wildman–Crippen LogP) is -0.708. The largest absolute Gasteiger partial charge is 0.368 e. The second-order valence-corrected chi connectivity index (χ2v) is 5.42. The molecule has 0 bridgehead atoms. The Balaban J connectivity index is 2.00. The molecular weight excluding hydrogens is 286 g/mol. The third-order valence-electron chi connectivity index (χ3n) is 4.17. The second kappa shape index (κ2) is 5.34. The molecule has 0 aromatic heterocycles. The van der Waals surface area contributed by atoms with Crippen LogP contribution < -0.4 is 11.1 Å². The number of amides is 3. The number of fused-ring (bicyclic) bond motifs is 1. The molecule has 3 N–H and O–H groups in total. The summed E-state index contributed by atoms with van der Waals surface area (Å²) in [6.45, 7) is 0.251. The van der Waals surface area contributed by atoms with Crippen LogP contribution in [0.25, 0.3) is 0 Å². The minimum Gasteiger partial charge on any atom is -0.368 e. The van der Waals surface area contributed by atoms with Gasteiger partial charge in [-0.1, -0.05) is 18.2 Å². The number of piperidine rings is 1. The van der Waals surface area contributed by atoms with E-state index in [1.165, 1.54) is 0 Å². The van der Waals surface area contributed by atoms with Crippen molar-refractivity contribution in [3.05, 3.63) is 34.9 Å². The summed E-state index contributed by atoms with van der Waals surface area (Å²) < 4.78 is 0. The Bertz CT molecular complexity index is 685. The van der Waals surface area contributed by atoms with Crippen LogP contribution in [0.5, 0.6) is 0 Å². The molecule has 2 atom stereocenters. The molecule has 2 aliphatic rings. The molecule has 1 fully saturated rings. The molecule has 113 valence electrons. The maximum absolute atomic E-state index is 12.1. The molecule has 1 aromatic rings. The van der Waals surface area contributed by atoms with Crippen molar-refractivity contribution in [1.82, 2.24) is 10.2 Å². The van der Waals surface area contributed by atoms with Gasteiger partial charge in [-0.15, -0.1) is 0 Å². The van der Waals surface area contributed by atoms with Gasteiger partial charge in [-0.25, -0.2) is 0 Å². The van der Waals surface area contributed by atoms with Crippen molar-refractivity contribution in [1.29, 1.82) is 0 Å². The van der Waals surface area contributed by atoms with Crippen molar-refractivity contribution in [3.63, 3.8) is 0 Å². The molecule has 7 heteroatoms. The maximum Gasteiger partial charge on any atom is 0.243 e. The van der Waals surface area contributed by atoms with Crippen molar-refractivity contribution < 1.29 is 19.2 Å². The minimum atomic E-state index is -0.785. The van der Waals surface area contributed by atoms with Crippen molar-refractivity contribution in [2.75, 3.05) is 0 Å². The number of rotatable bonds is 3. The quantitative estimate of drug-likeness (QED) is 0.717. The fourth-order valence-corrected chi connectivity index (χ4v) is 3.19. The Kier molecular flexibility index (Phi) is 3.50. The number of carbonyl (C=O) groups is 3. The molecule has 1 aromatic carbocycles. The average Bonchev–Trinajstić information content (AvgIpc) is 2.86. The van der Waals surface area contributed by atoms with E-state index in [0.29, 0.717) is 23.1 Å². The second-order valence-electron chi connectivity index (χ2n) is 5.42. The normalized spacial score (nSPS) is 24.7. The lowest BCUT2D eigenvalue weighted by atomic mass is 9.99. The Morgan fingerprint density at radius 1 is 1.36 bits per heavy atom. The lowest BCUT2D eigenvalue weighted by Gasteiger charge is -2.32. The number of nitrogens with zero attached hydrogens (tertiary/aromatic N) is 1. The average molecular weight is 300 g/mol. The maximum atomic E-state index is 12.1. The highest BCUT2D eigenvalue weighted by molar-refractivity contribution is 6.00. The van der Waals surface area contributed by atoms with Gasteiger partial charge in [0, 0.05) is 18.5 Å². The predicted molar refractivity (Wildman–Crippen MR) is 74.9 cm³/mol. The van der Waals surface area contributed by atoms with Crippen LogP contribution in [0.15, 0.2) is 18.2 Å². The zero-order valence-corrected chi connectivity index (χ0v) is 11.7. The fraction of sp³-hybridized carbons (Fsp3) is 0.333. The van der Waals surface area contributed by atoms with Crippen LogP contribution >= 0.6 is 0 Å². The van der Waals surface area contributed by atoms with Gasteiger partial charge in [0.05, 0.1) is 6.04 Å². The van der Waals surface area contributed by atoms with Gasteiger partial charge in [-0.2, -0.15) is 0 Å². The van der Waals surface area contributed by atoms with E-state index in [1.54, 1.807) is 23.1 Å². The first kappa shape index (κ1) is 14.4. The van der Waals surface area contributed by atoms with Crippen molar-refractivity contribution in [3.8, 4) is 0 Å². The fourth-order valence-electron chi connectivity index (χ4n) is 3.19. The summed E-state index contributed by atoms with van der Waals surface area (Å²) in [6.07, 6.45) is 2.38. The summed E-state index contributed by atoms with van der Waals surface area (Å²) >= 11 is 0. The van der Waals surface area contributed by atoms with E-state index in [2.05, 4.69) is 5.32 Å². The summed E-state index contributed by atoms with van der Waals surface area (Å²) in [7, 11) is 0. The molecule has 0 saturated carbocycles. The van der Waals surface area contributed by atoms with E-state index < -0.39 is 23.9 Å². The number of benzene rings is 1. The van der Waals surface area contributed by atoms with Crippen LogP contribution in [-0.4, -0.2) is 34.9 Å². The van der Waals surface area contributed by atoms with Gasteiger partial charge >= 0.3 is 0 Å². The summed E-state index contributed by atoms with van der Waals surface area (Å²) in [5.74, 6) is -1.35. The van der Waals surface area contributed by atoms with E-state index in [0.717, 1.165) is 0 Å². The minimum absolute atomic E-state index is 0.210. The number of nitrogens with two attached hydrogens (primary N) is 1. The number of primary amides is 1. The first-order valence-electron chi connectivity index (χ1n) is 6.91. The molecule has 2 aliphatic heterocycles. The lowest BCUT2D eigenvalue weighted by Crippen LogP contribution is -2.53. The van der Waals surface area contributed by atoms with Gasteiger partial charge in [0.1, 0.15) is 6.04 Å². The van der Waals surface area contributed by atoms with Crippen molar-refractivity contribution in [2.45, 2.75) is 31.5 Å². The van der Waals surface area contributed by atoms with E-state index >= 15 is 0 Å². The molecule has 7 nitrogen and oxygen atoms in total. The molecule has 2 unspecified atom stereocenters. The highest BCUT2D eigenvalue weighted by Crippen LogP contribution is 2.37. The standard InChI is InChI=1S/C15H14N3O4/c16-14(21)13-9-3-1-2-8(7-19)10(9)6-18(13)11-4-5-12(20)17-15(11)22/h1-3,11,13H,4-6H2,(H2,16,21)(H,17,20,22). The van der Waals surface area contributed by atoms with Gasteiger partial charge in [-0.3, -0.25) is 29.4 Å². The number of hydrogen-bond acceptors (Lipinski definition) is 5. The number of carbonyl (C=O) groups excluding carboxylic acids is 4. The lowest BCUT2D eigenvalue weighted by molar-refractivity contribution is -0.139. The monoisotopic (exact) mass is 300 g/mol. The summed E-state index contributed by atoms with van der Waals surface area (Å²) in [4.78, 5) is 47.9. The third kappa shape index (κ3) is 2.19. The Morgan fingerprint density at radius 3 is 2.77 bits per heavy atom. The highest BCUT2D eigenvalue weighted by Gasteiger charge is 2.43. The van der Waals surface area contributed by atoms with Crippen LogP contribution in [0, 0.1) is 0 Å². The molecular formula is C15H14N3O4. The summed E-state index contributed by atoms with van der Waals surface area (Å²) in [5.41, 5.74) is 7.14. The van der Waals surface area contributed by atoms with E-state index in [1.807, 2.05) is 6.29 Å². The van der Waals surface area contributed by atoms with Gasteiger partial charge in [-0.05, 0) is 17.5 Å². The topological polar surface area (TPSA) is 110 Å². The molecule has 22 heavy (non-hydrogen) atoms. The molecule has 1 saturated heterocycles. The SMILES string of the molecule is NC(=O)C1c2cccc([C]=O)c2CN1C1CCC(=O)NC1=O. The van der Waals surface area contributed by atoms with Gasteiger partial charge in [0.2, 0.25) is 24.0 Å². The van der Waals surface area contributed by atoms with Crippen LogP contribution in [0.3, 0.4) is 0 Å². The summed E-state index contributed by atoms with van der Waals surface area (Å²) in [6, 6.07) is 3.58. The van der Waals surface area contributed by atoms with E-state index in [9.17, 15) is 19.2 Å². The van der Waals surface area contributed by atoms with Crippen molar-refractivity contribution >= 4 is 24.0 Å². The molecule has 2 heterocycles. The molecule has 3 amide bonds. The molecule has 0 aliphatic carbocycles. The first-order valence-corrected chi connectivity index (χ1v) is 6.91. The van der Waals surface area contributed by atoms with Crippen LogP contribution in [0.4, 0.5) is 0 Å². The zero-order chi connectivity index (χ0) is 15.9.